The molecule has 1 aromatic carbocycles. The molecule has 21 heavy (non-hydrogen) atoms. The second-order valence-corrected chi connectivity index (χ2v) is 5.76. The van der Waals surface area contributed by atoms with Crippen molar-refractivity contribution in [3.05, 3.63) is 40.4 Å². The van der Waals surface area contributed by atoms with Gasteiger partial charge in [-0.1, -0.05) is 19.1 Å². The van der Waals surface area contributed by atoms with Gasteiger partial charge in [-0.3, -0.25) is 14.9 Å². The van der Waals surface area contributed by atoms with Gasteiger partial charge in [-0.25, -0.2) is 4.98 Å². The van der Waals surface area contributed by atoms with Crippen molar-refractivity contribution in [2.75, 3.05) is 10.6 Å². The maximum Gasteiger partial charge on any atom is 0.259 e. The SMILES string of the molecule is CCc1nc(NC(=O)c2ccccc2NC(C)=O)sc1C. The maximum atomic E-state index is 12.3. The highest BCUT2D eigenvalue weighted by atomic mass is 32.1. The summed E-state index contributed by atoms with van der Waals surface area (Å²) >= 11 is 1.45. The van der Waals surface area contributed by atoms with Crippen LogP contribution in [-0.2, 0) is 11.2 Å². The first-order valence-electron chi connectivity index (χ1n) is 6.65. The van der Waals surface area contributed by atoms with Gasteiger partial charge in [-0.15, -0.1) is 11.3 Å². The van der Waals surface area contributed by atoms with Crippen molar-refractivity contribution in [3.63, 3.8) is 0 Å². The summed E-state index contributed by atoms with van der Waals surface area (Å²) in [6.45, 7) is 5.42. The molecule has 0 bridgehead atoms. The number of carbonyl (C=O) groups is 2. The Morgan fingerprint density at radius 3 is 2.57 bits per heavy atom. The van der Waals surface area contributed by atoms with Gasteiger partial charge in [-0.2, -0.15) is 0 Å². The van der Waals surface area contributed by atoms with Crippen molar-refractivity contribution >= 4 is 34.0 Å². The van der Waals surface area contributed by atoms with Crippen LogP contribution in [0.15, 0.2) is 24.3 Å². The normalized spacial score (nSPS) is 10.2. The molecule has 5 nitrogen and oxygen atoms in total. The topological polar surface area (TPSA) is 71.1 Å². The smallest absolute Gasteiger partial charge is 0.259 e. The lowest BCUT2D eigenvalue weighted by atomic mass is 10.1. The van der Waals surface area contributed by atoms with Crippen molar-refractivity contribution < 1.29 is 9.59 Å². The van der Waals surface area contributed by atoms with Crippen molar-refractivity contribution in [1.29, 1.82) is 0 Å². The van der Waals surface area contributed by atoms with E-state index in [2.05, 4.69) is 15.6 Å². The molecule has 2 N–H and O–H groups in total. The van der Waals surface area contributed by atoms with Gasteiger partial charge in [0.25, 0.3) is 5.91 Å². The molecule has 0 atom stereocenters. The third-order valence-corrected chi connectivity index (χ3v) is 3.86. The molecular weight excluding hydrogens is 286 g/mol. The average Bonchev–Trinajstić information content (AvgIpc) is 2.78. The molecule has 0 spiro atoms. The lowest BCUT2D eigenvalue weighted by molar-refractivity contribution is -0.114. The fourth-order valence-corrected chi connectivity index (χ4v) is 2.85. The van der Waals surface area contributed by atoms with Crippen LogP contribution in [0.4, 0.5) is 10.8 Å². The Morgan fingerprint density at radius 1 is 1.24 bits per heavy atom. The number of nitrogens with one attached hydrogen (secondary N) is 2. The Kier molecular flexibility index (Phi) is 4.70. The lowest BCUT2D eigenvalue weighted by Gasteiger charge is -2.08. The van der Waals surface area contributed by atoms with E-state index in [4.69, 9.17) is 0 Å². The highest BCUT2D eigenvalue weighted by Gasteiger charge is 2.14. The summed E-state index contributed by atoms with van der Waals surface area (Å²) in [5, 5.41) is 6.01. The number of anilines is 2. The van der Waals surface area contributed by atoms with E-state index in [0.29, 0.717) is 16.4 Å². The van der Waals surface area contributed by atoms with Crippen molar-refractivity contribution in [1.82, 2.24) is 4.98 Å². The molecule has 0 saturated heterocycles. The van der Waals surface area contributed by atoms with Crippen LogP contribution < -0.4 is 10.6 Å². The molecule has 0 saturated carbocycles. The van der Waals surface area contributed by atoms with Gasteiger partial charge in [0.2, 0.25) is 5.91 Å². The van der Waals surface area contributed by atoms with E-state index in [1.54, 1.807) is 24.3 Å². The minimum atomic E-state index is -0.282. The van der Waals surface area contributed by atoms with Gasteiger partial charge in [0.1, 0.15) is 0 Å². The Hall–Kier alpha value is -2.21. The summed E-state index contributed by atoms with van der Waals surface area (Å²) in [6, 6.07) is 6.89. The fraction of sp³-hybridized carbons (Fsp3) is 0.267. The Labute approximate surface area is 127 Å². The summed E-state index contributed by atoms with van der Waals surface area (Å²) in [4.78, 5) is 29.0. The summed E-state index contributed by atoms with van der Waals surface area (Å²) in [6.07, 6.45) is 0.834. The van der Waals surface area contributed by atoms with Crippen LogP contribution in [0.25, 0.3) is 0 Å². The quantitative estimate of drug-likeness (QED) is 0.911. The van der Waals surface area contributed by atoms with Gasteiger partial charge in [0.05, 0.1) is 16.9 Å². The molecule has 0 radical (unpaired) electrons. The van der Waals surface area contributed by atoms with Gasteiger partial charge >= 0.3 is 0 Å². The number of amides is 2. The van der Waals surface area contributed by atoms with E-state index in [1.807, 2.05) is 13.8 Å². The number of nitrogens with zero attached hydrogens (tertiary/aromatic N) is 1. The average molecular weight is 303 g/mol. The molecule has 0 fully saturated rings. The number of para-hydroxylation sites is 1. The molecule has 110 valence electrons. The van der Waals surface area contributed by atoms with Crippen LogP contribution in [0.3, 0.4) is 0 Å². The predicted octanol–water partition coefficient (Wildman–Crippen LogP) is 3.22. The molecular formula is C15H17N3O2S. The molecule has 2 rings (SSSR count). The second-order valence-electron chi connectivity index (χ2n) is 4.56. The molecule has 2 amide bonds. The molecule has 0 aliphatic heterocycles. The zero-order valence-corrected chi connectivity index (χ0v) is 13.0. The zero-order valence-electron chi connectivity index (χ0n) is 12.2. The zero-order chi connectivity index (χ0) is 15.4. The summed E-state index contributed by atoms with van der Waals surface area (Å²) < 4.78 is 0. The highest BCUT2D eigenvalue weighted by molar-refractivity contribution is 7.15. The largest absolute Gasteiger partial charge is 0.326 e. The van der Waals surface area contributed by atoms with Crippen molar-refractivity contribution in [3.8, 4) is 0 Å². The monoisotopic (exact) mass is 303 g/mol. The predicted molar refractivity (Wildman–Crippen MR) is 84.9 cm³/mol. The third kappa shape index (κ3) is 3.66. The molecule has 2 aromatic rings. The minimum Gasteiger partial charge on any atom is -0.326 e. The van der Waals surface area contributed by atoms with Crippen LogP contribution in [0.1, 0.15) is 34.8 Å². The van der Waals surface area contributed by atoms with Gasteiger partial charge in [0, 0.05) is 11.8 Å². The first kappa shape index (κ1) is 15.2. The van der Waals surface area contributed by atoms with E-state index < -0.39 is 0 Å². The highest BCUT2D eigenvalue weighted by Crippen LogP contribution is 2.24. The Balaban J connectivity index is 2.21. The van der Waals surface area contributed by atoms with E-state index in [1.165, 1.54) is 18.3 Å². The summed E-state index contributed by atoms with van der Waals surface area (Å²) in [5.74, 6) is -0.496. The van der Waals surface area contributed by atoms with Crippen LogP contribution in [0.2, 0.25) is 0 Å². The third-order valence-electron chi connectivity index (χ3n) is 2.93. The van der Waals surface area contributed by atoms with E-state index >= 15 is 0 Å². The number of hydrogen-bond acceptors (Lipinski definition) is 4. The Bertz CT molecular complexity index is 679. The van der Waals surface area contributed by atoms with E-state index in [-0.39, 0.29) is 11.8 Å². The number of aryl methyl sites for hydroxylation is 2. The summed E-state index contributed by atoms with van der Waals surface area (Å²) in [7, 11) is 0. The maximum absolute atomic E-state index is 12.3. The molecule has 0 aliphatic rings. The summed E-state index contributed by atoms with van der Waals surface area (Å²) in [5.41, 5.74) is 1.90. The first-order valence-corrected chi connectivity index (χ1v) is 7.47. The number of benzene rings is 1. The van der Waals surface area contributed by atoms with Crippen LogP contribution in [0, 0.1) is 6.92 Å². The minimum absolute atomic E-state index is 0.214. The lowest BCUT2D eigenvalue weighted by Crippen LogP contribution is -2.16. The van der Waals surface area contributed by atoms with E-state index in [9.17, 15) is 9.59 Å². The standard InChI is InChI=1S/C15H17N3O2S/c1-4-12-9(2)21-15(17-12)18-14(20)11-7-5-6-8-13(11)16-10(3)19/h5-8H,4H2,1-3H3,(H,16,19)(H,17,18,20). The van der Waals surface area contributed by atoms with Gasteiger partial charge < -0.3 is 5.32 Å². The second kappa shape index (κ2) is 6.49. The number of hydrogen-bond donors (Lipinski definition) is 2. The first-order chi connectivity index (χ1) is 10.0. The van der Waals surface area contributed by atoms with Gasteiger partial charge in [0.15, 0.2) is 5.13 Å². The van der Waals surface area contributed by atoms with Gasteiger partial charge in [-0.05, 0) is 25.5 Å². The van der Waals surface area contributed by atoms with Crippen LogP contribution in [-0.4, -0.2) is 16.8 Å². The Morgan fingerprint density at radius 2 is 1.95 bits per heavy atom. The molecule has 1 heterocycles. The van der Waals surface area contributed by atoms with Crippen molar-refractivity contribution in [2.45, 2.75) is 27.2 Å². The van der Waals surface area contributed by atoms with Crippen LogP contribution in [0.5, 0.6) is 0 Å². The fourth-order valence-electron chi connectivity index (χ4n) is 1.95. The van der Waals surface area contributed by atoms with E-state index in [0.717, 1.165) is 17.0 Å². The number of rotatable bonds is 4. The van der Waals surface area contributed by atoms with Crippen molar-refractivity contribution in [2.24, 2.45) is 0 Å². The molecule has 0 unspecified atom stereocenters. The number of carbonyl (C=O) groups excluding carboxylic acids is 2. The number of aromatic nitrogens is 1. The molecule has 0 aliphatic carbocycles. The number of thiazole rings is 1. The molecule has 1 aromatic heterocycles. The molecule has 6 heteroatoms. The van der Waals surface area contributed by atoms with Crippen LogP contribution >= 0.6 is 11.3 Å².